The van der Waals surface area contributed by atoms with E-state index < -0.39 is 0 Å². The van der Waals surface area contributed by atoms with E-state index in [4.69, 9.17) is 0 Å². The molecule has 0 saturated carbocycles. The van der Waals surface area contributed by atoms with E-state index in [0.717, 1.165) is 18.8 Å². The lowest BCUT2D eigenvalue weighted by Crippen LogP contribution is -2.44. The molecule has 0 atom stereocenters. The molecule has 0 aliphatic rings. The molecule has 1 heterocycles. The highest BCUT2D eigenvalue weighted by molar-refractivity contribution is 7.98. The van der Waals surface area contributed by atoms with E-state index >= 15 is 0 Å². The summed E-state index contributed by atoms with van der Waals surface area (Å²) in [5, 5.41) is 8.75. The second-order valence-electron chi connectivity index (χ2n) is 6.09. The van der Waals surface area contributed by atoms with Crippen molar-refractivity contribution < 1.29 is 4.79 Å². The van der Waals surface area contributed by atoms with Crippen molar-refractivity contribution in [3.8, 4) is 0 Å². The first-order chi connectivity index (χ1) is 10.9. The summed E-state index contributed by atoms with van der Waals surface area (Å²) in [6.07, 6.45) is 2.07. The Hall–Kier alpha value is -1.21. The normalized spacial score (nSPS) is 12.1. The highest BCUT2D eigenvalue weighted by atomic mass is 32.2. The number of carbonyl (C=O) groups excluding carboxylic acids is 1. The van der Waals surface area contributed by atoms with Gasteiger partial charge in [-0.1, -0.05) is 19.9 Å². The Morgan fingerprint density at radius 3 is 2.70 bits per heavy atom. The predicted octanol–water partition coefficient (Wildman–Crippen LogP) is 2.01. The fourth-order valence-corrected chi connectivity index (χ4v) is 2.95. The lowest BCUT2D eigenvalue weighted by atomic mass is 9.91. The van der Waals surface area contributed by atoms with Crippen LogP contribution in [0.5, 0.6) is 0 Å². The molecular weight excluding hydrogens is 328 g/mol. The van der Waals surface area contributed by atoms with E-state index in [1.54, 1.807) is 42.1 Å². The first-order valence-corrected chi connectivity index (χ1v) is 9.89. The van der Waals surface area contributed by atoms with Crippen molar-refractivity contribution in [1.29, 1.82) is 0 Å². The minimum atomic E-state index is -0.00603. The number of amides is 1. The summed E-state index contributed by atoms with van der Waals surface area (Å²) < 4.78 is 0. The Morgan fingerprint density at radius 2 is 2.13 bits per heavy atom. The van der Waals surface area contributed by atoms with Gasteiger partial charge >= 0.3 is 0 Å². The summed E-state index contributed by atoms with van der Waals surface area (Å²) in [7, 11) is 3.48. The van der Waals surface area contributed by atoms with Crippen molar-refractivity contribution >= 4 is 35.0 Å². The average Bonchev–Trinajstić information content (AvgIpc) is 3.04. The molecule has 130 valence electrons. The highest BCUT2D eigenvalue weighted by Crippen LogP contribution is 2.26. The molecule has 1 aromatic heterocycles. The Morgan fingerprint density at radius 1 is 1.39 bits per heavy atom. The van der Waals surface area contributed by atoms with Crippen LogP contribution in [0.3, 0.4) is 0 Å². The molecular formula is C16H28N4OS2. The van der Waals surface area contributed by atoms with Crippen LogP contribution in [0.15, 0.2) is 22.5 Å². The molecule has 1 amide bonds. The lowest BCUT2D eigenvalue weighted by molar-refractivity contribution is -0.127. The molecule has 0 radical (unpaired) electrons. The molecule has 0 aliphatic heterocycles. The van der Waals surface area contributed by atoms with E-state index in [9.17, 15) is 4.79 Å². The zero-order valence-corrected chi connectivity index (χ0v) is 16.3. The smallest absolute Gasteiger partial charge is 0.243 e. The number of guanidine groups is 1. The summed E-state index contributed by atoms with van der Waals surface area (Å²) in [6.45, 7) is 6.14. The third-order valence-electron chi connectivity index (χ3n) is 3.36. The van der Waals surface area contributed by atoms with E-state index in [1.807, 2.05) is 0 Å². The van der Waals surface area contributed by atoms with Gasteiger partial charge in [0.05, 0.1) is 0 Å². The number of likely N-dealkylation sites (N-methyl/N-ethyl adjacent to an activating group) is 1. The fourth-order valence-electron chi connectivity index (χ4n) is 1.79. The summed E-state index contributed by atoms with van der Waals surface area (Å²) in [6, 6.07) is 4.23. The van der Waals surface area contributed by atoms with Gasteiger partial charge in [0.15, 0.2) is 5.96 Å². The van der Waals surface area contributed by atoms with Gasteiger partial charge in [-0.3, -0.25) is 4.79 Å². The third-order valence-corrected chi connectivity index (χ3v) is 5.20. The molecule has 5 nitrogen and oxygen atoms in total. The van der Waals surface area contributed by atoms with Gasteiger partial charge in [0.1, 0.15) is 6.54 Å². The van der Waals surface area contributed by atoms with E-state index in [2.05, 4.69) is 53.2 Å². The molecule has 0 unspecified atom stereocenters. The Labute approximate surface area is 147 Å². The standard InChI is InChI=1S/C16H28N4OS2/c1-16(2,13-7-6-9-23-13)12-19-15(17-8-10-22-5)18-11-14(21)20(3)4/h6-7,9H,8,10-12H2,1-5H3,(H2,17,18,19). The zero-order chi connectivity index (χ0) is 17.3. The van der Waals surface area contributed by atoms with Crippen LogP contribution in [0.2, 0.25) is 0 Å². The number of hydrogen-bond donors (Lipinski definition) is 2. The van der Waals surface area contributed by atoms with Crippen molar-refractivity contribution in [3.63, 3.8) is 0 Å². The first-order valence-electron chi connectivity index (χ1n) is 7.62. The summed E-state index contributed by atoms with van der Waals surface area (Å²) in [5.74, 6) is 1.68. The van der Waals surface area contributed by atoms with Gasteiger partial charge in [0.25, 0.3) is 0 Å². The largest absolute Gasteiger partial charge is 0.356 e. The van der Waals surface area contributed by atoms with Crippen LogP contribution >= 0.6 is 23.1 Å². The molecule has 7 heteroatoms. The monoisotopic (exact) mass is 356 g/mol. The van der Waals surface area contributed by atoms with Crippen LogP contribution in [0, 0.1) is 0 Å². The Bertz CT molecular complexity index is 498. The number of thiophene rings is 1. The van der Waals surface area contributed by atoms with Gasteiger partial charge in [-0.2, -0.15) is 11.8 Å². The van der Waals surface area contributed by atoms with Gasteiger partial charge < -0.3 is 15.5 Å². The second-order valence-corrected chi connectivity index (χ2v) is 8.02. The van der Waals surface area contributed by atoms with Crippen molar-refractivity contribution in [3.05, 3.63) is 22.4 Å². The number of nitrogens with one attached hydrogen (secondary N) is 2. The van der Waals surface area contributed by atoms with Crippen LogP contribution in [0.4, 0.5) is 0 Å². The third kappa shape index (κ3) is 7.26. The SMILES string of the molecule is CSCCNC(=NCC(=O)N(C)C)NCC(C)(C)c1cccs1. The molecule has 1 aromatic rings. The molecule has 2 N–H and O–H groups in total. The maximum Gasteiger partial charge on any atom is 0.243 e. The van der Waals surface area contributed by atoms with Crippen molar-refractivity contribution in [1.82, 2.24) is 15.5 Å². The van der Waals surface area contributed by atoms with Gasteiger partial charge in [-0.15, -0.1) is 11.3 Å². The molecule has 0 aliphatic carbocycles. The Kier molecular flexibility index (Phi) is 8.47. The number of aliphatic imine (C=N–C) groups is 1. The Balaban J connectivity index is 2.64. The minimum Gasteiger partial charge on any atom is -0.356 e. The van der Waals surface area contributed by atoms with Gasteiger partial charge in [0.2, 0.25) is 5.91 Å². The van der Waals surface area contributed by atoms with E-state index in [-0.39, 0.29) is 17.9 Å². The fraction of sp³-hybridized carbons (Fsp3) is 0.625. The number of hydrogen-bond acceptors (Lipinski definition) is 4. The predicted molar refractivity (Wildman–Crippen MR) is 103 cm³/mol. The van der Waals surface area contributed by atoms with Gasteiger partial charge in [-0.25, -0.2) is 4.99 Å². The van der Waals surface area contributed by atoms with Gasteiger partial charge in [-0.05, 0) is 17.7 Å². The van der Waals surface area contributed by atoms with Crippen molar-refractivity contribution in [2.24, 2.45) is 4.99 Å². The summed E-state index contributed by atoms with van der Waals surface area (Å²) >= 11 is 3.54. The van der Waals surface area contributed by atoms with E-state index in [0.29, 0.717) is 5.96 Å². The van der Waals surface area contributed by atoms with E-state index in [1.165, 1.54) is 4.88 Å². The quantitative estimate of drug-likeness (QED) is 0.425. The van der Waals surface area contributed by atoms with Crippen LogP contribution in [0.25, 0.3) is 0 Å². The number of rotatable bonds is 8. The topological polar surface area (TPSA) is 56.7 Å². The minimum absolute atomic E-state index is 0.00603. The number of carbonyl (C=O) groups is 1. The van der Waals surface area contributed by atoms with Crippen molar-refractivity contribution in [2.45, 2.75) is 19.3 Å². The average molecular weight is 357 g/mol. The van der Waals surface area contributed by atoms with Crippen LogP contribution in [-0.4, -0.2) is 62.5 Å². The van der Waals surface area contributed by atoms with Gasteiger partial charge in [0, 0.05) is 43.2 Å². The maximum absolute atomic E-state index is 11.7. The molecule has 0 saturated heterocycles. The van der Waals surface area contributed by atoms with Crippen molar-refractivity contribution in [2.75, 3.05) is 45.7 Å². The summed E-state index contributed by atoms with van der Waals surface area (Å²) in [4.78, 5) is 19.0. The second kappa shape index (κ2) is 9.82. The van der Waals surface area contributed by atoms with Crippen LogP contribution < -0.4 is 10.6 Å². The number of thioether (sulfide) groups is 1. The molecule has 0 bridgehead atoms. The zero-order valence-electron chi connectivity index (χ0n) is 14.7. The molecule has 23 heavy (non-hydrogen) atoms. The molecule has 0 fully saturated rings. The highest BCUT2D eigenvalue weighted by Gasteiger charge is 2.22. The van der Waals surface area contributed by atoms with Crippen LogP contribution in [-0.2, 0) is 10.2 Å². The maximum atomic E-state index is 11.7. The molecule has 0 spiro atoms. The molecule has 0 aromatic carbocycles. The van der Waals surface area contributed by atoms with Crippen LogP contribution in [0.1, 0.15) is 18.7 Å². The number of nitrogens with zero attached hydrogens (tertiary/aromatic N) is 2. The lowest BCUT2D eigenvalue weighted by Gasteiger charge is -2.25. The molecule has 1 rings (SSSR count). The first kappa shape index (κ1) is 19.8. The summed E-state index contributed by atoms with van der Waals surface area (Å²) in [5.41, 5.74) is 0.0156.